The monoisotopic (exact) mass is 620 g/mol. The van der Waals surface area contributed by atoms with E-state index in [4.69, 9.17) is 19.8 Å². The van der Waals surface area contributed by atoms with Gasteiger partial charge in [0.15, 0.2) is 0 Å². The van der Waals surface area contributed by atoms with Gasteiger partial charge in [-0.05, 0) is 44.6 Å². The molecule has 0 radical (unpaired) electrons. The van der Waals surface area contributed by atoms with Gasteiger partial charge in [0.2, 0.25) is 0 Å². The second-order valence-electron chi connectivity index (χ2n) is 9.25. The molecule has 17 heteroatoms. The molecule has 236 valence electrons. The molecule has 4 rings (SSSR count). The lowest BCUT2D eigenvalue weighted by Crippen LogP contribution is -2.40. The van der Waals surface area contributed by atoms with Gasteiger partial charge in [0.25, 0.3) is 5.56 Å². The smallest absolute Gasteiger partial charge is 0.475 e. The van der Waals surface area contributed by atoms with Crippen molar-refractivity contribution in [2.75, 3.05) is 20.1 Å². The molecule has 1 saturated heterocycles. The van der Waals surface area contributed by atoms with E-state index in [0.717, 1.165) is 30.9 Å². The fourth-order valence-corrected chi connectivity index (χ4v) is 3.84. The molecule has 0 unspecified atom stereocenters. The van der Waals surface area contributed by atoms with E-state index >= 15 is 0 Å². The maximum atomic E-state index is 12.1. The van der Waals surface area contributed by atoms with Crippen molar-refractivity contribution in [3.05, 3.63) is 70.4 Å². The van der Waals surface area contributed by atoms with Crippen LogP contribution in [0.3, 0.4) is 0 Å². The Hall–Kier alpha value is -4.25. The first kappa shape index (κ1) is 34.9. The first-order chi connectivity index (χ1) is 20.1. The number of halogens is 6. The number of carbonyl (C=O) groups is 2. The molecule has 1 aliphatic rings. The molecule has 0 bridgehead atoms. The average molecular weight is 621 g/mol. The van der Waals surface area contributed by atoms with Crippen LogP contribution in [0.4, 0.5) is 26.3 Å². The molecule has 1 aliphatic heterocycles. The van der Waals surface area contributed by atoms with Crippen LogP contribution in [0.5, 0.6) is 0 Å². The molecule has 0 amide bonds. The van der Waals surface area contributed by atoms with Gasteiger partial charge in [0.05, 0.1) is 5.69 Å². The minimum atomic E-state index is -5.08. The van der Waals surface area contributed by atoms with Crippen LogP contribution in [0, 0.1) is 0 Å². The van der Waals surface area contributed by atoms with Gasteiger partial charge in [0, 0.05) is 49.6 Å². The second kappa shape index (κ2) is 15.8. The van der Waals surface area contributed by atoms with Crippen LogP contribution in [0.25, 0.3) is 11.4 Å². The number of likely N-dealkylation sites (tertiary alicyclic amines) is 1. The molecule has 3 heterocycles. The summed E-state index contributed by atoms with van der Waals surface area (Å²) in [5.74, 6) is -4.89. The van der Waals surface area contributed by atoms with Gasteiger partial charge in [-0.1, -0.05) is 24.3 Å². The van der Waals surface area contributed by atoms with E-state index in [1.54, 1.807) is 12.3 Å². The Kier molecular flexibility index (Phi) is 12.9. The van der Waals surface area contributed by atoms with Crippen LogP contribution in [-0.2, 0) is 29.1 Å². The van der Waals surface area contributed by atoms with Gasteiger partial charge in [-0.3, -0.25) is 14.4 Å². The molecule has 4 N–H and O–H groups in total. The number of rotatable bonds is 7. The van der Waals surface area contributed by atoms with E-state index in [1.807, 2.05) is 36.1 Å². The predicted molar refractivity (Wildman–Crippen MR) is 141 cm³/mol. The Labute approximate surface area is 241 Å². The number of carboxylic acid groups (broad SMARTS) is 2. The highest BCUT2D eigenvalue weighted by Gasteiger charge is 2.38. The molecule has 0 spiro atoms. The standard InChI is InChI=1S/C22H28N6O.2C2HF3O2/c1-23-19-7-12-27(13-8-19)16-17-3-5-18(6-4-17)22-25-20(15-21(29)26-22)9-14-28-11-2-10-24-28;2*3-2(4,5)1(6)7/h2-6,10-11,15,19,23H,7-9,12-14,16H2,1H3,(H,25,26,29);2*(H,6,7). The molecule has 11 nitrogen and oxygen atoms in total. The molecular formula is C26H30F6N6O5. The summed E-state index contributed by atoms with van der Waals surface area (Å²) in [6.07, 6.45) is -3.44. The maximum absolute atomic E-state index is 12.1. The summed E-state index contributed by atoms with van der Waals surface area (Å²) in [4.78, 5) is 39.9. The van der Waals surface area contributed by atoms with Gasteiger partial charge in [-0.25, -0.2) is 14.6 Å². The van der Waals surface area contributed by atoms with Crippen molar-refractivity contribution < 1.29 is 46.1 Å². The molecule has 1 aromatic carbocycles. The van der Waals surface area contributed by atoms with Crippen LogP contribution >= 0.6 is 0 Å². The number of piperidine rings is 1. The quantitative estimate of drug-likeness (QED) is 0.292. The number of aliphatic carboxylic acids is 2. The van der Waals surface area contributed by atoms with Gasteiger partial charge >= 0.3 is 24.3 Å². The third-order valence-electron chi connectivity index (χ3n) is 6.07. The van der Waals surface area contributed by atoms with E-state index < -0.39 is 24.3 Å². The molecular weight excluding hydrogens is 590 g/mol. The second-order valence-corrected chi connectivity index (χ2v) is 9.25. The number of alkyl halides is 6. The Bertz CT molecular complexity index is 1330. The molecule has 1 fully saturated rings. The van der Waals surface area contributed by atoms with Crippen molar-refractivity contribution >= 4 is 11.9 Å². The van der Waals surface area contributed by atoms with Crippen molar-refractivity contribution in [1.29, 1.82) is 0 Å². The van der Waals surface area contributed by atoms with Gasteiger partial charge in [-0.2, -0.15) is 31.4 Å². The Morgan fingerprint density at radius 1 is 1.02 bits per heavy atom. The van der Waals surface area contributed by atoms with Gasteiger partial charge in [-0.15, -0.1) is 0 Å². The fraction of sp³-hybridized carbons (Fsp3) is 0.423. The zero-order valence-corrected chi connectivity index (χ0v) is 22.8. The number of hydrogen-bond donors (Lipinski definition) is 4. The number of hydrogen-bond acceptors (Lipinski definition) is 7. The normalized spacial score (nSPS) is 14.2. The molecule has 43 heavy (non-hydrogen) atoms. The number of benzene rings is 1. The summed E-state index contributed by atoms with van der Waals surface area (Å²) in [6, 6.07) is 12.5. The minimum absolute atomic E-state index is 0.123. The third-order valence-corrected chi connectivity index (χ3v) is 6.07. The molecule has 0 atom stereocenters. The maximum Gasteiger partial charge on any atom is 0.490 e. The highest BCUT2D eigenvalue weighted by molar-refractivity contribution is 5.73. The first-order valence-corrected chi connectivity index (χ1v) is 12.7. The summed E-state index contributed by atoms with van der Waals surface area (Å²) in [6.45, 7) is 3.91. The first-order valence-electron chi connectivity index (χ1n) is 12.7. The Morgan fingerprint density at radius 2 is 1.58 bits per heavy atom. The number of aromatic amines is 1. The van der Waals surface area contributed by atoms with Gasteiger partial charge in [0.1, 0.15) is 5.82 Å². The number of H-pyrrole nitrogens is 1. The molecule has 2 aromatic heterocycles. The lowest BCUT2D eigenvalue weighted by atomic mass is 10.0. The number of nitrogens with one attached hydrogen (secondary N) is 2. The van der Waals surface area contributed by atoms with Crippen LogP contribution in [0.1, 0.15) is 24.1 Å². The highest BCUT2D eigenvalue weighted by Crippen LogP contribution is 2.18. The summed E-state index contributed by atoms with van der Waals surface area (Å²) < 4.78 is 65.3. The summed E-state index contributed by atoms with van der Waals surface area (Å²) >= 11 is 0. The summed E-state index contributed by atoms with van der Waals surface area (Å²) in [7, 11) is 2.05. The molecule has 0 aliphatic carbocycles. The number of aromatic nitrogens is 4. The van der Waals surface area contributed by atoms with Gasteiger partial charge < -0.3 is 20.5 Å². The minimum Gasteiger partial charge on any atom is -0.475 e. The largest absolute Gasteiger partial charge is 0.490 e. The van der Waals surface area contributed by atoms with E-state index in [-0.39, 0.29) is 5.56 Å². The summed E-state index contributed by atoms with van der Waals surface area (Å²) in [5.41, 5.74) is 2.87. The van der Waals surface area contributed by atoms with Crippen LogP contribution < -0.4 is 10.9 Å². The van der Waals surface area contributed by atoms with Crippen molar-refractivity contribution in [2.24, 2.45) is 0 Å². The highest BCUT2D eigenvalue weighted by atomic mass is 19.4. The van der Waals surface area contributed by atoms with E-state index in [0.29, 0.717) is 24.8 Å². The fourth-order valence-electron chi connectivity index (χ4n) is 3.84. The van der Waals surface area contributed by atoms with Crippen molar-refractivity contribution in [3.8, 4) is 11.4 Å². The van der Waals surface area contributed by atoms with Crippen LogP contribution in [-0.4, -0.2) is 85.3 Å². The lowest BCUT2D eigenvalue weighted by molar-refractivity contribution is -0.193. The zero-order chi connectivity index (χ0) is 32.2. The number of nitrogens with zero attached hydrogens (tertiary/aromatic N) is 4. The Morgan fingerprint density at radius 3 is 2.05 bits per heavy atom. The topological polar surface area (TPSA) is 153 Å². The number of aryl methyl sites for hydroxylation is 2. The van der Waals surface area contributed by atoms with Crippen molar-refractivity contribution in [1.82, 2.24) is 30.0 Å². The average Bonchev–Trinajstić information content (AvgIpc) is 3.46. The van der Waals surface area contributed by atoms with Crippen LogP contribution in [0.2, 0.25) is 0 Å². The van der Waals surface area contributed by atoms with E-state index in [1.165, 1.54) is 18.4 Å². The van der Waals surface area contributed by atoms with E-state index in [2.05, 4.69) is 37.4 Å². The van der Waals surface area contributed by atoms with Crippen molar-refractivity contribution in [3.63, 3.8) is 0 Å². The lowest BCUT2D eigenvalue weighted by Gasteiger charge is -2.31. The molecule has 0 saturated carbocycles. The predicted octanol–water partition coefficient (Wildman–Crippen LogP) is 3.33. The third kappa shape index (κ3) is 12.7. The van der Waals surface area contributed by atoms with Crippen molar-refractivity contribution in [2.45, 2.75) is 50.7 Å². The number of carboxylic acids is 2. The SMILES string of the molecule is CNC1CCN(Cc2ccc(-c3nc(CCn4cccn4)cc(=O)[nH]3)cc2)CC1.O=C(O)C(F)(F)F.O=C(O)C(F)(F)F. The van der Waals surface area contributed by atoms with E-state index in [9.17, 15) is 31.1 Å². The molecule has 3 aromatic rings. The summed E-state index contributed by atoms with van der Waals surface area (Å²) in [5, 5.41) is 21.8. The van der Waals surface area contributed by atoms with Crippen LogP contribution in [0.15, 0.2) is 53.6 Å². The zero-order valence-electron chi connectivity index (χ0n) is 22.8. The Balaban J connectivity index is 0.000000384.